The van der Waals surface area contributed by atoms with Crippen LogP contribution in [0, 0.1) is 17.6 Å². The summed E-state index contributed by atoms with van der Waals surface area (Å²) in [4.78, 5) is 25.6. The molecule has 3 rings (SSSR count). The lowest BCUT2D eigenvalue weighted by Gasteiger charge is -2.38. The Kier molecular flexibility index (Phi) is 5.29. The molecule has 4 nitrogen and oxygen atoms in total. The maximum absolute atomic E-state index is 13.2. The third-order valence-electron chi connectivity index (χ3n) is 4.26. The molecule has 1 heterocycles. The van der Waals surface area contributed by atoms with E-state index in [9.17, 15) is 31.5 Å². The van der Waals surface area contributed by atoms with E-state index in [1.54, 1.807) is 0 Å². The van der Waals surface area contributed by atoms with E-state index in [4.69, 9.17) is 11.6 Å². The van der Waals surface area contributed by atoms with Gasteiger partial charge in [-0.05, 0) is 36.4 Å². The quantitative estimate of drug-likeness (QED) is 0.753. The first-order valence-electron chi connectivity index (χ1n) is 7.98. The predicted molar refractivity (Wildman–Crippen MR) is 90.8 cm³/mol. The molecule has 1 saturated heterocycles. The predicted octanol–water partition coefficient (Wildman–Crippen LogP) is 4.35. The second-order valence-corrected chi connectivity index (χ2v) is 6.62. The van der Waals surface area contributed by atoms with Gasteiger partial charge >= 0.3 is 6.18 Å². The molecule has 1 aliphatic rings. The van der Waals surface area contributed by atoms with Crippen molar-refractivity contribution in [3.63, 3.8) is 0 Å². The van der Waals surface area contributed by atoms with Gasteiger partial charge in [-0.2, -0.15) is 13.2 Å². The van der Waals surface area contributed by atoms with Gasteiger partial charge in [-0.15, -0.1) is 0 Å². The summed E-state index contributed by atoms with van der Waals surface area (Å²) in [5, 5.41) is 2.26. The van der Waals surface area contributed by atoms with E-state index in [2.05, 4.69) is 5.32 Å². The molecular formula is C18H12ClF5N2O2. The number of nitrogens with one attached hydrogen (secondary N) is 1. The zero-order valence-electron chi connectivity index (χ0n) is 14.0. The summed E-state index contributed by atoms with van der Waals surface area (Å²) in [6.07, 6.45) is -4.59. The fourth-order valence-corrected chi connectivity index (χ4v) is 2.82. The molecule has 0 aliphatic carbocycles. The van der Waals surface area contributed by atoms with Gasteiger partial charge in [0.1, 0.15) is 0 Å². The van der Waals surface area contributed by atoms with Crippen molar-refractivity contribution in [3.8, 4) is 0 Å². The number of anilines is 1. The highest BCUT2D eigenvalue weighted by molar-refractivity contribution is 6.33. The van der Waals surface area contributed by atoms with Crippen molar-refractivity contribution in [2.24, 2.45) is 5.92 Å². The van der Waals surface area contributed by atoms with Gasteiger partial charge in [0.15, 0.2) is 11.6 Å². The molecule has 2 aromatic rings. The molecule has 0 atom stereocenters. The monoisotopic (exact) mass is 418 g/mol. The standard InChI is InChI=1S/C18H12ClF5N2O2/c19-12-3-2-11(18(22,23)24)6-15(12)25-16(27)10-7-26(8-10)17(28)9-1-4-13(20)14(21)5-9/h1-6,10H,7-8H2,(H,25,27). The third-order valence-corrected chi connectivity index (χ3v) is 4.59. The minimum atomic E-state index is -4.59. The minimum absolute atomic E-state index is 0.0136. The molecule has 148 valence electrons. The van der Waals surface area contributed by atoms with Crippen molar-refractivity contribution >= 4 is 29.1 Å². The zero-order valence-corrected chi connectivity index (χ0v) is 14.7. The van der Waals surface area contributed by atoms with Gasteiger partial charge in [0.25, 0.3) is 5.91 Å². The second kappa shape index (κ2) is 7.38. The number of hydrogen-bond acceptors (Lipinski definition) is 2. The molecule has 1 N–H and O–H groups in total. The molecule has 10 heteroatoms. The lowest BCUT2D eigenvalue weighted by Crippen LogP contribution is -2.54. The number of carbonyl (C=O) groups excluding carboxylic acids is 2. The molecule has 0 radical (unpaired) electrons. The molecule has 0 spiro atoms. The average Bonchev–Trinajstić information content (AvgIpc) is 2.56. The summed E-state index contributed by atoms with van der Waals surface area (Å²) in [6.45, 7) is -0.0273. The molecule has 28 heavy (non-hydrogen) atoms. The van der Waals surface area contributed by atoms with Crippen LogP contribution in [0.25, 0.3) is 0 Å². The van der Waals surface area contributed by atoms with Crippen LogP contribution in [0.5, 0.6) is 0 Å². The first-order chi connectivity index (χ1) is 13.1. The average molecular weight is 419 g/mol. The Morgan fingerprint density at radius 1 is 1.04 bits per heavy atom. The number of likely N-dealkylation sites (tertiary alicyclic amines) is 1. The molecule has 0 aromatic heterocycles. The van der Waals surface area contributed by atoms with Crippen LogP contribution in [0.15, 0.2) is 36.4 Å². The Hall–Kier alpha value is -2.68. The molecule has 0 saturated carbocycles. The number of amides is 2. The number of benzene rings is 2. The SMILES string of the molecule is O=C(Nc1cc(C(F)(F)F)ccc1Cl)C1CN(C(=O)c2ccc(F)c(F)c2)C1. The molecule has 0 bridgehead atoms. The summed E-state index contributed by atoms with van der Waals surface area (Å²) >= 11 is 5.83. The fourth-order valence-electron chi connectivity index (χ4n) is 2.65. The van der Waals surface area contributed by atoms with Crippen LogP contribution in [-0.4, -0.2) is 29.8 Å². The minimum Gasteiger partial charge on any atom is -0.337 e. The molecule has 0 unspecified atom stereocenters. The van der Waals surface area contributed by atoms with Crippen molar-refractivity contribution in [2.75, 3.05) is 18.4 Å². The first-order valence-corrected chi connectivity index (χ1v) is 8.36. The Balaban J connectivity index is 1.62. The summed E-state index contributed by atoms with van der Waals surface area (Å²) in [6, 6.07) is 5.25. The van der Waals surface area contributed by atoms with E-state index < -0.39 is 41.1 Å². The Morgan fingerprint density at radius 3 is 2.32 bits per heavy atom. The Labute approximate surface area is 160 Å². The highest BCUT2D eigenvalue weighted by atomic mass is 35.5. The number of rotatable bonds is 3. The first kappa shape index (κ1) is 20.1. The van der Waals surface area contributed by atoms with Crippen LogP contribution in [0.4, 0.5) is 27.6 Å². The molecule has 2 aromatic carbocycles. The van der Waals surface area contributed by atoms with Crippen LogP contribution in [0.3, 0.4) is 0 Å². The highest BCUT2D eigenvalue weighted by Crippen LogP contribution is 2.34. The maximum Gasteiger partial charge on any atom is 0.416 e. The van der Waals surface area contributed by atoms with Gasteiger partial charge in [0, 0.05) is 18.7 Å². The van der Waals surface area contributed by atoms with Gasteiger partial charge in [-0.25, -0.2) is 8.78 Å². The second-order valence-electron chi connectivity index (χ2n) is 6.22. The van der Waals surface area contributed by atoms with Crippen molar-refractivity contribution in [1.82, 2.24) is 4.90 Å². The number of alkyl halides is 3. The molecule has 1 fully saturated rings. The Morgan fingerprint density at radius 2 is 1.71 bits per heavy atom. The largest absolute Gasteiger partial charge is 0.416 e. The molecule has 1 aliphatic heterocycles. The van der Waals surface area contributed by atoms with Crippen LogP contribution in [0.2, 0.25) is 5.02 Å². The van der Waals surface area contributed by atoms with Crippen LogP contribution in [0.1, 0.15) is 15.9 Å². The topological polar surface area (TPSA) is 49.4 Å². The van der Waals surface area contributed by atoms with Crippen LogP contribution in [-0.2, 0) is 11.0 Å². The van der Waals surface area contributed by atoms with E-state index in [0.29, 0.717) is 0 Å². The summed E-state index contributed by atoms with van der Waals surface area (Å²) in [7, 11) is 0. The van der Waals surface area contributed by atoms with E-state index in [1.165, 1.54) is 4.90 Å². The van der Waals surface area contributed by atoms with Gasteiger partial charge in [-0.3, -0.25) is 9.59 Å². The normalized spacial score (nSPS) is 14.6. The number of nitrogens with zero attached hydrogens (tertiary/aromatic N) is 1. The third kappa shape index (κ3) is 4.09. The summed E-state index contributed by atoms with van der Waals surface area (Å²) in [5.41, 5.74) is -1.22. The zero-order chi connectivity index (χ0) is 20.6. The molecular weight excluding hydrogens is 407 g/mol. The number of halogens is 6. The number of hydrogen-bond donors (Lipinski definition) is 1. The van der Waals surface area contributed by atoms with Gasteiger partial charge < -0.3 is 10.2 Å². The van der Waals surface area contributed by atoms with Crippen molar-refractivity contribution < 1.29 is 31.5 Å². The fraction of sp³-hybridized carbons (Fsp3) is 0.222. The van der Waals surface area contributed by atoms with Crippen LogP contribution < -0.4 is 5.32 Å². The van der Waals surface area contributed by atoms with Gasteiger partial charge in [0.2, 0.25) is 5.91 Å². The van der Waals surface area contributed by atoms with E-state index in [-0.39, 0.29) is 29.4 Å². The highest BCUT2D eigenvalue weighted by Gasteiger charge is 2.37. The van der Waals surface area contributed by atoms with Crippen molar-refractivity contribution in [2.45, 2.75) is 6.18 Å². The van der Waals surface area contributed by atoms with E-state index in [0.717, 1.165) is 36.4 Å². The van der Waals surface area contributed by atoms with Crippen molar-refractivity contribution in [1.29, 1.82) is 0 Å². The van der Waals surface area contributed by atoms with Crippen LogP contribution >= 0.6 is 11.6 Å². The lowest BCUT2D eigenvalue weighted by atomic mass is 9.97. The van der Waals surface area contributed by atoms with Crippen molar-refractivity contribution in [3.05, 3.63) is 64.2 Å². The summed E-state index contributed by atoms with van der Waals surface area (Å²) < 4.78 is 64.5. The summed E-state index contributed by atoms with van der Waals surface area (Å²) in [5.74, 6) is -4.11. The van der Waals surface area contributed by atoms with E-state index in [1.807, 2.05) is 0 Å². The lowest BCUT2D eigenvalue weighted by molar-refractivity contribution is -0.137. The smallest absolute Gasteiger partial charge is 0.337 e. The van der Waals surface area contributed by atoms with Gasteiger partial charge in [0.05, 0.1) is 22.2 Å². The Bertz CT molecular complexity index is 942. The number of carbonyl (C=O) groups is 2. The van der Waals surface area contributed by atoms with E-state index >= 15 is 0 Å². The maximum atomic E-state index is 13.2. The molecule has 2 amide bonds. The van der Waals surface area contributed by atoms with Gasteiger partial charge in [-0.1, -0.05) is 11.6 Å².